The van der Waals surface area contributed by atoms with E-state index in [4.69, 9.17) is 0 Å². The van der Waals surface area contributed by atoms with Crippen LogP contribution in [0.5, 0.6) is 0 Å². The van der Waals surface area contributed by atoms with Crippen LogP contribution >= 0.6 is 0 Å². The third kappa shape index (κ3) is 3.48. The first-order valence-corrected chi connectivity index (χ1v) is 11.0. The molecule has 2 aliphatic heterocycles. The molecule has 1 aromatic carbocycles. The van der Waals surface area contributed by atoms with Crippen molar-refractivity contribution in [3.05, 3.63) is 59.5 Å². The van der Waals surface area contributed by atoms with Crippen molar-refractivity contribution in [3.8, 4) is 0 Å². The van der Waals surface area contributed by atoms with Crippen LogP contribution in [0.2, 0.25) is 0 Å². The quantitative estimate of drug-likeness (QED) is 0.657. The van der Waals surface area contributed by atoms with Gasteiger partial charge in [-0.25, -0.2) is 0 Å². The van der Waals surface area contributed by atoms with Crippen molar-refractivity contribution in [1.82, 2.24) is 19.5 Å². The second-order valence-electron chi connectivity index (χ2n) is 8.73. The highest BCUT2D eigenvalue weighted by Gasteiger charge is 2.39. The smallest absolute Gasteiger partial charge is 0.228 e. The molecule has 3 aromatic rings. The number of rotatable bonds is 3. The van der Waals surface area contributed by atoms with Crippen molar-refractivity contribution in [2.45, 2.75) is 39.0 Å². The van der Waals surface area contributed by atoms with E-state index < -0.39 is 0 Å². The van der Waals surface area contributed by atoms with Gasteiger partial charge in [-0.05, 0) is 56.0 Å². The first-order valence-electron chi connectivity index (χ1n) is 11.0. The summed E-state index contributed by atoms with van der Waals surface area (Å²) in [5, 5.41) is 8.67. The molecule has 0 N–H and O–H groups in total. The lowest BCUT2D eigenvalue weighted by atomic mass is 9.95. The first-order chi connectivity index (χ1) is 15.0. The lowest BCUT2D eigenvalue weighted by Crippen LogP contribution is -2.43. The Bertz CT molecular complexity index is 1150. The Balaban J connectivity index is 1.32. The Morgan fingerprint density at radius 2 is 1.94 bits per heavy atom. The topological polar surface area (TPSA) is 70.8 Å². The maximum atomic E-state index is 13.4. The van der Waals surface area contributed by atoms with Crippen LogP contribution in [0, 0.1) is 19.8 Å². The molecule has 7 nitrogen and oxygen atoms in total. The number of carbonyl (C=O) groups is 2. The highest BCUT2D eigenvalue weighted by atomic mass is 16.2. The van der Waals surface area contributed by atoms with Gasteiger partial charge in [0.25, 0.3) is 0 Å². The van der Waals surface area contributed by atoms with Gasteiger partial charge in [0.2, 0.25) is 11.8 Å². The van der Waals surface area contributed by atoms with Gasteiger partial charge in [0, 0.05) is 43.9 Å². The third-order valence-electron chi connectivity index (χ3n) is 6.78. The molecular formula is C24H27N5O2. The van der Waals surface area contributed by atoms with E-state index in [0.717, 1.165) is 47.7 Å². The van der Waals surface area contributed by atoms with Crippen LogP contribution in [-0.4, -0.2) is 50.9 Å². The summed E-state index contributed by atoms with van der Waals surface area (Å²) in [5.41, 5.74) is 4.00. The fourth-order valence-electron chi connectivity index (χ4n) is 4.92. The highest BCUT2D eigenvalue weighted by Crippen LogP contribution is 2.32. The number of piperidine rings is 1. The highest BCUT2D eigenvalue weighted by molar-refractivity contribution is 6.01. The third-order valence-corrected chi connectivity index (χ3v) is 6.78. The molecular weight excluding hydrogens is 390 g/mol. The van der Waals surface area contributed by atoms with Gasteiger partial charge in [-0.2, -0.15) is 0 Å². The van der Waals surface area contributed by atoms with Crippen LogP contribution in [0.25, 0.3) is 5.65 Å². The van der Waals surface area contributed by atoms with Crippen LogP contribution in [-0.2, 0) is 9.59 Å². The van der Waals surface area contributed by atoms with Crippen molar-refractivity contribution in [2.75, 3.05) is 24.5 Å². The summed E-state index contributed by atoms with van der Waals surface area (Å²) in [6.45, 7) is 5.90. The molecule has 0 saturated carbocycles. The van der Waals surface area contributed by atoms with Crippen molar-refractivity contribution in [1.29, 1.82) is 0 Å². The number of pyridine rings is 1. The zero-order valence-electron chi connectivity index (χ0n) is 18.0. The molecule has 2 atom stereocenters. The maximum absolute atomic E-state index is 13.4. The lowest BCUT2D eigenvalue weighted by molar-refractivity contribution is -0.137. The van der Waals surface area contributed by atoms with Crippen LogP contribution in [0.4, 0.5) is 5.69 Å². The molecule has 0 spiro atoms. The molecule has 2 aliphatic rings. The molecule has 160 valence electrons. The molecule has 4 heterocycles. The minimum absolute atomic E-state index is 0.0315. The second kappa shape index (κ2) is 7.80. The number of fused-ring (bicyclic) bond motifs is 1. The number of hydrogen-bond donors (Lipinski definition) is 0. The van der Waals surface area contributed by atoms with Gasteiger partial charge in [0.1, 0.15) is 5.82 Å². The summed E-state index contributed by atoms with van der Waals surface area (Å²) < 4.78 is 2.01. The molecule has 2 saturated heterocycles. The molecule has 2 fully saturated rings. The SMILES string of the molecule is Cc1cccc(N2CC(C(=O)N3CCCC(c4nnc5ccccn45)C3)CC2=O)c1C. The van der Waals surface area contributed by atoms with Crippen molar-refractivity contribution >= 4 is 23.1 Å². The van der Waals surface area contributed by atoms with E-state index in [-0.39, 0.29) is 30.1 Å². The summed E-state index contributed by atoms with van der Waals surface area (Å²) in [5.74, 6) is 0.889. The maximum Gasteiger partial charge on any atom is 0.228 e. The van der Waals surface area contributed by atoms with E-state index >= 15 is 0 Å². The summed E-state index contributed by atoms with van der Waals surface area (Å²) in [4.78, 5) is 29.8. The van der Waals surface area contributed by atoms with Gasteiger partial charge in [0.15, 0.2) is 5.65 Å². The predicted molar refractivity (Wildman–Crippen MR) is 118 cm³/mol. The van der Waals surface area contributed by atoms with Crippen molar-refractivity contribution < 1.29 is 9.59 Å². The molecule has 2 aromatic heterocycles. The number of nitrogens with zero attached hydrogens (tertiary/aromatic N) is 5. The molecule has 31 heavy (non-hydrogen) atoms. The van der Waals surface area contributed by atoms with Gasteiger partial charge in [0.05, 0.1) is 5.92 Å². The summed E-state index contributed by atoms with van der Waals surface area (Å²) in [6.07, 6.45) is 4.17. The monoisotopic (exact) mass is 417 g/mol. The zero-order chi connectivity index (χ0) is 21.5. The number of aromatic nitrogens is 3. The molecule has 2 unspecified atom stereocenters. The number of aryl methyl sites for hydroxylation is 1. The van der Waals surface area contributed by atoms with E-state index in [0.29, 0.717) is 13.1 Å². The van der Waals surface area contributed by atoms with Gasteiger partial charge >= 0.3 is 0 Å². The van der Waals surface area contributed by atoms with Gasteiger partial charge in [-0.15, -0.1) is 10.2 Å². The van der Waals surface area contributed by atoms with Gasteiger partial charge in [-0.3, -0.25) is 14.0 Å². The molecule has 5 rings (SSSR count). The normalized spacial score (nSPS) is 21.8. The number of likely N-dealkylation sites (tertiary alicyclic amines) is 1. The Morgan fingerprint density at radius 1 is 1.06 bits per heavy atom. The molecule has 7 heteroatoms. The van der Waals surface area contributed by atoms with Crippen LogP contribution in [0.1, 0.15) is 42.1 Å². The predicted octanol–water partition coefficient (Wildman–Crippen LogP) is 3.11. The zero-order valence-corrected chi connectivity index (χ0v) is 18.0. The lowest BCUT2D eigenvalue weighted by Gasteiger charge is -2.33. The van der Waals surface area contributed by atoms with Crippen LogP contribution in [0.15, 0.2) is 42.6 Å². The average Bonchev–Trinajstić information content (AvgIpc) is 3.39. The summed E-state index contributed by atoms with van der Waals surface area (Å²) in [6, 6.07) is 11.8. The van der Waals surface area contributed by atoms with E-state index in [2.05, 4.69) is 10.2 Å². The number of hydrogen-bond acceptors (Lipinski definition) is 4. The van der Waals surface area contributed by atoms with Gasteiger partial charge < -0.3 is 9.80 Å². The first kappa shape index (κ1) is 19.7. The fourth-order valence-corrected chi connectivity index (χ4v) is 4.92. The molecule has 0 bridgehead atoms. The molecule has 0 aliphatic carbocycles. The number of anilines is 1. The largest absolute Gasteiger partial charge is 0.342 e. The van der Waals surface area contributed by atoms with Gasteiger partial charge in [-0.1, -0.05) is 18.2 Å². The Labute approximate surface area is 181 Å². The second-order valence-corrected chi connectivity index (χ2v) is 8.73. The van der Waals surface area contributed by atoms with Crippen LogP contribution in [0.3, 0.4) is 0 Å². The van der Waals surface area contributed by atoms with E-state index in [1.54, 1.807) is 4.90 Å². The van der Waals surface area contributed by atoms with E-state index in [9.17, 15) is 9.59 Å². The summed E-state index contributed by atoms with van der Waals surface area (Å²) in [7, 11) is 0. The van der Waals surface area contributed by atoms with Crippen LogP contribution < -0.4 is 4.90 Å². The molecule has 0 radical (unpaired) electrons. The number of benzene rings is 1. The van der Waals surface area contributed by atoms with E-state index in [1.807, 2.05) is 65.7 Å². The molecule has 2 amide bonds. The number of carbonyl (C=O) groups excluding carboxylic acids is 2. The van der Waals surface area contributed by atoms with Crippen molar-refractivity contribution in [2.24, 2.45) is 5.92 Å². The van der Waals surface area contributed by atoms with E-state index in [1.165, 1.54) is 0 Å². The minimum atomic E-state index is -0.290. The Hall–Kier alpha value is -3.22. The van der Waals surface area contributed by atoms with Crippen molar-refractivity contribution in [3.63, 3.8) is 0 Å². The standard InChI is InChI=1S/C24H27N5O2/c1-16-7-5-9-20(17(16)2)29-15-19(13-22(29)30)24(31)27-11-6-8-18(14-27)23-26-25-21-10-3-4-12-28(21)23/h3-5,7,9-10,12,18-19H,6,8,11,13-15H2,1-2H3. The minimum Gasteiger partial charge on any atom is -0.342 e. The fraction of sp³-hybridized carbons (Fsp3) is 0.417. The Kier molecular flexibility index (Phi) is 4.96. The average molecular weight is 418 g/mol. The number of amides is 2. The Morgan fingerprint density at radius 3 is 2.81 bits per heavy atom. The summed E-state index contributed by atoms with van der Waals surface area (Å²) >= 11 is 0.